The van der Waals surface area contributed by atoms with Gasteiger partial charge in [0.15, 0.2) is 0 Å². The smallest absolute Gasteiger partial charge is 0.287 e. The average Bonchev–Trinajstić information content (AvgIpc) is 3.35. The van der Waals surface area contributed by atoms with Gasteiger partial charge in [-0.1, -0.05) is 0 Å². The summed E-state index contributed by atoms with van der Waals surface area (Å²) >= 11 is 0. The van der Waals surface area contributed by atoms with Crippen molar-refractivity contribution >= 4 is 23.1 Å². The van der Waals surface area contributed by atoms with E-state index in [-0.39, 0.29) is 11.6 Å². The molecule has 1 amide bonds. The van der Waals surface area contributed by atoms with Crippen molar-refractivity contribution in [3.63, 3.8) is 0 Å². The summed E-state index contributed by atoms with van der Waals surface area (Å²) in [6.07, 6.45) is 5.47. The van der Waals surface area contributed by atoms with Crippen molar-refractivity contribution < 1.29 is 13.6 Å². The maximum absolute atomic E-state index is 13.6. The van der Waals surface area contributed by atoms with Crippen LogP contribution in [-0.4, -0.2) is 31.1 Å². The molecule has 0 saturated heterocycles. The minimum Gasteiger partial charge on any atom is -0.313 e. The van der Waals surface area contributed by atoms with Gasteiger partial charge in [0.25, 0.3) is 11.9 Å². The summed E-state index contributed by atoms with van der Waals surface area (Å²) in [4.78, 5) is 22.9. The molecule has 0 bridgehead atoms. The highest BCUT2D eigenvalue weighted by Gasteiger charge is 2.31. The maximum atomic E-state index is 13.6. The summed E-state index contributed by atoms with van der Waals surface area (Å²) in [5.74, 6) is -2.36. The normalized spacial score (nSPS) is 14.7. The molecule has 0 aliphatic heterocycles. The second kappa shape index (κ2) is 5.54. The summed E-state index contributed by atoms with van der Waals surface area (Å²) in [6.45, 7) is 0.784. The third-order valence-corrected chi connectivity index (χ3v) is 4.05. The Hall–Kier alpha value is -2.97. The molecule has 0 atom stereocenters. The van der Waals surface area contributed by atoms with E-state index in [1.165, 1.54) is 16.9 Å². The largest absolute Gasteiger partial charge is 0.313 e. The van der Waals surface area contributed by atoms with Gasteiger partial charge in [0.1, 0.15) is 11.5 Å². The Labute approximate surface area is 141 Å². The molecule has 3 heterocycles. The van der Waals surface area contributed by atoms with E-state index in [2.05, 4.69) is 25.4 Å². The number of amides is 1. The molecule has 128 valence electrons. The molecule has 1 aliphatic carbocycles. The summed E-state index contributed by atoms with van der Waals surface area (Å²) in [5, 5.41) is 7.81. The van der Waals surface area contributed by atoms with Gasteiger partial charge in [-0.25, -0.2) is 15.0 Å². The Morgan fingerprint density at radius 3 is 2.84 bits per heavy atom. The predicted molar refractivity (Wildman–Crippen MR) is 85.7 cm³/mol. The van der Waals surface area contributed by atoms with Crippen LogP contribution in [0.5, 0.6) is 0 Å². The highest BCUT2D eigenvalue weighted by atomic mass is 19.3. The highest BCUT2D eigenvalue weighted by molar-refractivity contribution is 5.86. The standard InChI is InChI=1S/C16H14F2N6O/c1-16(17,18)12-4-5-19-15(22-12)24-11-6-13(21-8-25)20-7-10(11)14(23-24)9-2-3-9/h4-9H,2-3H2,1H3,(H,20,21,25). The van der Waals surface area contributed by atoms with E-state index in [4.69, 9.17) is 0 Å². The van der Waals surface area contributed by atoms with E-state index < -0.39 is 5.92 Å². The Morgan fingerprint density at radius 1 is 1.36 bits per heavy atom. The fraction of sp³-hybridized carbons (Fsp3) is 0.312. The molecule has 3 aromatic rings. The first kappa shape index (κ1) is 15.6. The number of fused-ring (bicyclic) bond motifs is 1. The van der Waals surface area contributed by atoms with Crippen LogP contribution in [0.25, 0.3) is 16.9 Å². The number of nitrogens with zero attached hydrogens (tertiary/aromatic N) is 5. The van der Waals surface area contributed by atoms with E-state index in [0.717, 1.165) is 30.8 Å². The number of pyridine rings is 1. The highest BCUT2D eigenvalue weighted by Crippen LogP contribution is 2.42. The lowest BCUT2D eigenvalue weighted by molar-refractivity contribution is -0.105. The van der Waals surface area contributed by atoms with Crippen LogP contribution >= 0.6 is 0 Å². The van der Waals surface area contributed by atoms with Crippen molar-refractivity contribution in [2.24, 2.45) is 0 Å². The predicted octanol–water partition coefficient (Wildman–Crippen LogP) is 2.77. The van der Waals surface area contributed by atoms with E-state index in [9.17, 15) is 13.6 Å². The molecule has 9 heteroatoms. The van der Waals surface area contributed by atoms with Crippen molar-refractivity contribution in [3.05, 3.63) is 35.9 Å². The topological polar surface area (TPSA) is 85.6 Å². The molecule has 25 heavy (non-hydrogen) atoms. The van der Waals surface area contributed by atoms with Crippen LogP contribution in [0, 0.1) is 0 Å². The zero-order chi connectivity index (χ0) is 17.6. The number of anilines is 1. The molecular weight excluding hydrogens is 330 g/mol. The van der Waals surface area contributed by atoms with Crippen LogP contribution in [0.3, 0.4) is 0 Å². The molecule has 3 aromatic heterocycles. The van der Waals surface area contributed by atoms with Crippen LogP contribution in [0.15, 0.2) is 24.5 Å². The summed E-state index contributed by atoms with van der Waals surface area (Å²) in [5.41, 5.74) is 1.07. The quantitative estimate of drug-likeness (QED) is 0.719. The van der Waals surface area contributed by atoms with Crippen LogP contribution in [-0.2, 0) is 10.7 Å². The maximum Gasteiger partial charge on any atom is 0.287 e. The van der Waals surface area contributed by atoms with Gasteiger partial charge in [-0.15, -0.1) is 0 Å². The summed E-state index contributed by atoms with van der Waals surface area (Å²) in [7, 11) is 0. The number of hydrogen-bond acceptors (Lipinski definition) is 5. The third kappa shape index (κ3) is 2.81. The molecule has 4 rings (SSSR count). The number of rotatable bonds is 5. The minimum atomic E-state index is -3.08. The Morgan fingerprint density at radius 2 is 2.16 bits per heavy atom. The van der Waals surface area contributed by atoms with Gasteiger partial charge < -0.3 is 5.32 Å². The lowest BCUT2D eigenvalue weighted by atomic mass is 10.2. The van der Waals surface area contributed by atoms with Gasteiger partial charge in [-0.2, -0.15) is 18.6 Å². The second-order valence-electron chi connectivity index (χ2n) is 6.05. The first-order valence-electron chi connectivity index (χ1n) is 7.78. The Kier molecular flexibility index (Phi) is 3.45. The van der Waals surface area contributed by atoms with Crippen LogP contribution in [0.2, 0.25) is 0 Å². The zero-order valence-corrected chi connectivity index (χ0v) is 13.3. The average molecular weight is 344 g/mol. The molecule has 0 aromatic carbocycles. The first-order valence-corrected chi connectivity index (χ1v) is 7.78. The van der Waals surface area contributed by atoms with Crippen molar-refractivity contribution in [2.75, 3.05) is 5.32 Å². The Balaban J connectivity index is 1.91. The van der Waals surface area contributed by atoms with Crippen molar-refractivity contribution in [3.8, 4) is 5.95 Å². The van der Waals surface area contributed by atoms with Crippen LogP contribution in [0.1, 0.15) is 37.1 Å². The van der Waals surface area contributed by atoms with Gasteiger partial charge in [-0.05, 0) is 18.9 Å². The van der Waals surface area contributed by atoms with E-state index >= 15 is 0 Å². The molecule has 0 spiro atoms. The molecule has 7 nitrogen and oxygen atoms in total. The number of carbonyl (C=O) groups is 1. The van der Waals surface area contributed by atoms with Crippen LogP contribution in [0.4, 0.5) is 14.6 Å². The molecule has 1 fully saturated rings. The van der Waals surface area contributed by atoms with Crippen molar-refractivity contribution in [1.29, 1.82) is 0 Å². The second-order valence-corrected chi connectivity index (χ2v) is 6.05. The number of aromatic nitrogens is 5. The number of carbonyl (C=O) groups excluding carboxylic acids is 1. The molecule has 0 unspecified atom stereocenters. The van der Waals surface area contributed by atoms with Crippen molar-refractivity contribution in [2.45, 2.75) is 31.6 Å². The van der Waals surface area contributed by atoms with Gasteiger partial charge in [0.05, 0.1) is 11.2 Å². The van der Waals surface area contributed by atoms with E-state index in [0.29, 0.717) is 23.7 Å². The molecule has 1 N–H and O–H groups in total. The van der Waals surface area contributed by atoms with E-state index in [1.807, 2.05) is 0 Å². The van der Waals surface area contributed by atoms with Gasteiger partial charge in [0, 0.05) is 36.7 Å². The van der Waals surface area contributed by atoms with Gasteiger partial charge in [-0.3, -0.25) is 4.79 Å². The van der Waals surface area contributed by atoms with E-state index in [1.54, 1.807) is 12.3 Å². The lowest BCUT2D eigenvalue weighted by Gasteiger charge is -2.10. The Bertz CT molecular complexity index is 961. The molecule has 1 saturated carbocycles. The monoisotopic (exact) mass is 344 g/mol. The van der Waals surface area contributed by atoms with Crippen LogP contribution < -0.4 is 5.32 Å². The number of alkyl halides is 2. The molecular formula is C16H14F2N6O. The van der Waals surface area contributed by atoms with Gasteiger partial charge in [0.2, 0.25) is 6.41 Å². The third-order valence-electron chi connectivity index (χ3n) is 4.05. The fourth-order valence-corrected chi connectivity index (χ4v) is 2.68. The number of nitrogens with one attached hydrogen (secondary N) is 1. The van der Waals surface area contributed by atoms with Crippen molar-refractivity contribution in [1.82, 2.24) is 24.7 Å². The minimum absolute atomic E-state index is 0.0548. The number of halogens is 2. The summed E-state index contributed by atoms with van der Waals surface area (Å²) < 4.78 is 28.6. The zero-order valence-electron chi connectivity index (χ0n) is 13.3. The molecule has 0 radical (unpaired) electrons. The number of hydrogen-bond donors (Lipinski definition) is 1. The fourth-order valence-electron chi connectivity index (χ4n) is 2.68. The lowest BCUT2D eigenvalue weighted by Crippen LogP contribution is -2.13. The molecule has 1 aliphatic rings. The summed E-state index contributed by atoms with van der Waals surface area (Å²) in [6, 6.07) is 2.81. The first-order chi connectivity index (χ1) is 12.0. The SMILES string of the molecule is CC(F)(F)c1ccnc(-n2nc(C3CC3)c3cnc(NC=O)cc32)n1. The van der Waals surface area contributed by atoms with Gasteiger partial charge >= 0.3 is 0 Å².